The summed E-state index contributed by atoms with van der Waals surface area (Å²) >= 11 is 0. The van der Waals surface area contributed by atoms with Gasteiger partial charge in [-0.05, 0) is 49.1 Å². The van der Waals surface area contributed by atoms with Gasteiger partial charge in [-0.25, -0.2) is 17.2 Å². The minimum Gasteiger partial charge on any atom is -0.410 e. The largest absolute Gasteiger partial charge is 0.415 e. The Bertz CT molecular complexity index is 1180. The number of aromatic nitrogens is 1. The Morgan fingerprint density at radius 3 is 2.55 bits per heavy atom. The van der Waals surface area contributed by atoms with Crippen molar-refractivity contribution in [2.75, 3.05) is 20.3 Å². The summed E-state index contributed by atoms with van der Waals surface area (Å²) in [5.74, 6) is 0.307. The molecule has 1 aromatic heterocycles. The van der Waals surface area contributed by atoms with Crippen molar-refractivity contribution in [2.45, 2.75) is 37.1 Å². The second-order valence-corrected chi connectivity index (χ2v) is 9.44. The van der Waals surface area contributed by atoms with Crippen molar-refractivity contribution < 1.29 is 22.7 Å². The minimum absolute atomic E-state index is 0.0685. The van der Waals surface area contributed by atoms with E-state index in [1.807, 2.05) is 13.0 Å². The van der Waals surface area contributed by atoms with E-state index in [0.29, 0.717) is 30.9 Å². The van der Waals surface area contributed by atoms with Crippen molar-refractivity contribution in [1.82, 2.24) is 8.87 Å². The van der Waals surface area contributed by atoms with Crippen molar-refractivity contribution >= 4 is 27.0 Å². The number of carbonyl (C=O) groups is 1. The minimum atomic E-state index is -3.78. The summed E-state index contributed by atoms with van der Waals surface area (Å²) in [6, 6.07) is 13.5. The molecule has 0 unspecified atom stereocenters. The SMILES string of the molecule is CCc1cn(S(=O)(=O)c2ccccc2)c2cc(OC(=O)N(C)C3CCOCC3)ccc12. The molecule has 0 radical (unpaired) electrons. The molecule has 1 aliphatic rings. The second-order valence-electron chi connectivity index (χ2n) is 7.62. The van der Waals surface area contributed by atoms with Crippen LogP contribution in [0.2, 0.25) is 0 Å². The molecule has 2 heterocycles. The van der Waals surface area contributed by atoms with Gasteiger partial charge in [0.25, 0.3) is 10.0 Å². The molecule has 0 atom stereocenters. The van der Waals surface area contributed by atoms with E-state index in [1.165, 1.54) is 3.97 Å². The molecule has 7 nitrogen and oxygen atoms in total. The molecular weight excluding hydrogens is 416 g/mol. The van der Waals surface area contributed by atoms with Gasteiger partial charge in [0.1, 0.15) is 5.75 Å². The zero-order valence-electron chi connectivity index (χ0n) is 17.7. The molecule has 2 aromatic carbocycles. The van der Waals surface area contributed by atoms with Gasteiger partial charge < -0.3 is 14.4 Å². The molecule has 31 heavy (non-hydrogen) atoms. The van der Waals surface area contributed by atoms with Crippen LogP contribution < -0.4 is 4.74 Å². The quantitative estimate of drug-likeness (QED) is 0.596. The highest BCUT2D eigenvalue weighted by molar-refractivity contribution is 7.90. The molecule has 164 valence electrons. The highest BCUT2D eigenvalue weighted by Crippen LogP contribution is 2.30. The highest BCUT2D eigenvalue weighted by atomic mass is 32.2. The molecule has 1 fully saturated rings. The van der Waals surface area contributed by atoms with E-state index in [-0.39, 0.29) is 10.9 Å². The number of nitrogens with zero attached hydrogens (tertiary/aromatic N) is 2. The Kier molecular flexibility index (Phi) is 6.02. The molecule has 3 aromatic rings. The van der Waals surface area contributed by atoms with Crippen LogP contribution in [-0.2, 0) is 21.2 Å². The number of fused-ring (bicyclic) bond motifs is 1. The molecule has 0 aliphatic carbocycles. The van der Waals surface area contributed by atoms with Crippen molar-refractivity contribution in [1.29, 1.82) is 0 Å². The van der Waals surface area contributed by atoms with Gasteiger partial charge >= 0.3 is 6.09 Å². The zero-order chi connectivity index (χ0) is 22.0. The van der Waals surface area contributed by atoms with E-state index in [2.05, 4.69) is 0 Å². The Morgan fingerprint density at radius 2 is 1.87 bits per heavy atom. The third kappa shape index (κ3) is 4.18. The maximum atomic E-state index is 13.3. The van der Waals surface area contributed by atoms with Crippen LogP contribution in [0.1, 0.15) is 25.3 Å². The number of ether oxygens (including phenoxy) is 2. The van der Waals surface area contributed by atoms with Crippen molar-refractivity contribution in [3.05, 3.63) is 60.3 Å². The van der Waals surface area contributed by atoms with E-state index in [1.54, 1.807) is 60.6 Å². The van der Waals surface area contributed by atoms with Crippen LogP contribution in [-0.4, -0.2) is 49.7 Å². The fraction of sp³-hybridized carbons (Fsp3) is 0.348. The number of hydrogen-bond acceptors (Lipinski definition) is 5. The van der Waals surface area contributed by atoms with E-state index in [0.717, 1.165) is 23.8 Å². The van der Waals surface area contributed by atoms with Crippen LogP contribution in [0.5, 0.6) is 5.75 Å². The van der Waals surface area contributed by atoms with Crippen LogP contribution in [0.15, 0.2) is 59.6 Å². The summed E-state index contributed by atoms with van der Waals surface area (Å²) in [7, 11) is -2.06. The summed E-state index contributed by atoms with van der Waals surface area (Å²) in [6.07, 6.45) is 3.39. The predicted octanol–water partition coefficient (Wildman–Crippen LogP) is 4.05. The second kappa shape index (κ2) is 8.72. The fourth-order valence-corrected chi connectivity index (χ4v) is 5.29. The van der Waals surface area contributed by atoms with Gasteiger partial charge in [0.2, 0.25) is 0 Å². The summed E-state index contributed by atoms with van der Waals surface area (Å²) in [5, 5.41) is 0.819. The number of hydrogen-bond donors (Lipinski definition) is 0. The number of carbonyl (C=O) groups excluding carboxylic acids is 1. The third-order valence-electron chi connectivity index (χ3n) is 5.74. The van der Waals surface area contributed by atoms with Crippen molar-refractivity contribution in [3.8, 4) is 5.75 Å². The van der Waals surface area contributed by atoms with E-state index >= 15 is 0 Å². The maximum absolute atomic E-state index is 13.3. The lowest BCUT2D eigenvalue weighted by molar-refractivity contribution is 0.0454. The average molecular weight is 443 g/mol. The van der Waals surface area contributed by atoms with E-state index in [4.69, 9.17) is 9.47 Å². The molecule has 0 N–H and O–H groups in total. The van der Waals surface area contributed by atoms with Gasteiger partial charge in [0, 0.05) is 44.0 Å². The van der Waals surface area contributed by atoms with E-state index < -0.39 is 16.1 Å². The van der Waals surface area contributed by atoms with Crippen molar-refractivity contribution in [3.63, 3.8) is 0 Å². The van der Waals surface area contributed by atoms with Gasteiger partial charge in [-0.2, -0.15) is 0 Å². The fourth-order valence-electron chi connectivity index (χ4n) is 3.89. The van der Waals surface area contributed by atoms with Crippen LogP contribution >= 0.6 is 0 Å². The molecule has 1 saturated heterocycles. The van der Waals surface area contributed by atoms with Crippen LogP contribution in [0.25, 0.3) is 10.9 Å². The lowest BCUT2D eigenvalue weighted by Crippen LogP contribution is -2.42. The molecule has 8 heteroatoms. The highest BCUT2D eigenvalue weighted by Gasteiger charge is 2.25. The number of amides is 1. The van der Waals surface area contributed by atoms with Gasteiger partial charge in [-0.3, -0.25) is 0 Å². The molecule has 0 bridgehead atoms. The smallest absolute Gasteiger partial charge is 0.410 e. The molecular formula is C23H26N2O5S. The summed E-state index contributed by atoms with van der Waals surface area (Å²) in [6.45, 7) is 3.23. The van der Waals surface area contributed by atoms with Crippen molar-refractivity contribution in [2.24, 2.45) is 0 Å². The predicted molar refractivity (Wildman–Crippen MR) is 118 cm³/mol. The Balaban J connectivity index is 1.68. The first kappa shape index (κ1) is 21.4. The average Bonchev–Trinajstić information content (AvgIpc) is 3.18. The summed E-state index contributed by atoms with van der Waals surface area (Å²) in [5.41, 5.74) is 1.39. The Labute approximate surface area is 182 Å². The van der Waals surface area contributed by atoms with Gasteiger partial charge in [0.15, 0.2) is 0 Å². The van der Waals surface area contributed by atoms with E-state index in [9.17, 15) is 13.2 Å². The maximum Gasteiger partial charge on any atom is 0.415 e. The number of rotatable bonds is 5. The monoisotopic (exact) mass is 442 g/mol. The molecule has 4 rings (SSSR count). The molecule has 0 saturated carbocycles. The normalized spacial score (nSPS) is 15.2. The lowest BCUT2D eigenvalue weighted by atomic mass is 10.1. The van der Waals surface area contributed by atoms with Crippen LogP contribution in [0.3, 0.4) is 0 Å². The third-order valence-corrected chi connectivity index (χ3v) is 7.43. The first-order valence-electron chi connectivity index (χ1n) is 10.4. The van der Waals surface area contributed by atoms with Gasteiger partial charge in [0.05, 0.1) is 10.4 Å². The summed E-state index contributed by atoms with van der Waals surface area (Å²) < 4.78 is 38.7. The topological polar surface area (TPSA) is 77.8 Å². The number of aryl methyl sites for hydroxylation is 1. The number of benzene rings is 2. The van der Waals surface area contributed by atoms with Crippen LogP contribution in [0, 0.1) is 0 Å². The standard InChI is InChI=1S/C23H26N2O5S/c1-3-17-16-25(31(27,28)20-7-5-4-6-8-20)22-15-19(9-10-21(17)22)30-23(26)24(2)18-11-13-29-14-12-18/h4-10,15-16,18H,3,11-14H2,1-2H3. The van der Waals surface area contributed by atoms with Gasteiger partial charge in [-0.15, -0.1) is 0 Å². The molecule has 1 amide bonds. The molecule has 0 spiro atoms. The lowest BCUT2D eigenvalue weighted by Gasteiger charge is -2.30. The first-order valence-corrected chi connectivity index (χ1v) is 11.8. The Hall–Kier alpha value is -2.84. The van der Waals surface area contributed by atoms with Crippen LogP contribution in [0.4, 0.5) is 4.79 Å². The Morgan fingerprint density at radius 1 is 1.16 bits per heavy atom. The summed E-state index contributed by atoms with van der Waals surface area (Å²) in [4.78, 5) is 14.4. The zero-order valence-corrected chi connectivity index (χ0v) is 18.5. The van der Waals surface area contributed by atoms with Gasteiger partial charge in [-0.1, -0.05) is 25.1 Å². The molecule has 1 aliphatic heterocycles. The first-order chi connectivity index (χ1) is 14.9.